The van der Waals surface area contributed by atoms with Crippen LogP contribution in [0.3, 0.4) is 0 Å². The highest BCUT2D eigenvalue weighted by Crippen LogP contribution is 2.32. The van der Waals surface area contributed by atoms with E-state index < -0.39 is 0 Å². The number of unbranched alkanes of at least 4 members (excludes halogenated alkanes) is 2. The van der Waals surface area contributed by atoms with Crippen molar-refractivity contribution in [2.24, 2.45) is 0 Å². The lowest BCUT2D eigenvalue weighted by Crippen LogP contribution is -2.02. The number of hydrogen-bond donors (Lipinski definition) is 1. The first kappa shape index (κ1) is 17.4. The van der Waals surface area contributed by atoms with Gasteiger partial charge in [-0.3, -0.25) is 0 Å². The van der Waals surface area contributed by atoms with E-state index in [9.17, 15) is 0 Å². The molecular formula is C16H24ClN3O. The summed E-state index contributed by atoms with van der Waals surface area (Å²) in [4.78, 5) is 4.47. The maximum atomic E-state index is 6.00. The maximum absolute atomic E-state index is 6.00. The average molecular weight is 310 g/mol. The van der Waals surface area contributed by atoms with E-state index in [-0.39, 0.29) is 12.4 Å². The van der Waals surface area contributed by atoms with Gasteiger partial charge in [0.05, 0.1) is 12.8 Å². The summed E-state index contributed by atoms with van der Waals surface area (Å²) in [6, 6.07) is 6.06. The number of para-hydroxylation sites is 1. The fourth-order valence-electron chi connectivity index (χ4n) is 2.40. The molecule has 1 heterocycles. The Hall–Kier alpha value is -1.68. The van der Waals surface area contributed by atoms with E-state index in [4.69, 9.17) is 10.5 Å². The summed E-state index contributed by atoms with van der Waals surface area (Å²) in [6.07, 6.45) is 5.55. The van der Waals surface area contributed by atoms with E-state index in [1.54, 1.807) is 7.11 Å². The van der Waals surface area contributed by atoms with E-state index in [1.807, 2.05) is 35.9 Å². The van der Waals surface area contributed by atoms with Gasteiger partial charge in [-0.1, -0.05) is 31.9 Å². The van der Waals surface area contributed by atoms with Gasteiger partial charge in [-0.05, 0) is 25.0 Å². The minimum atomic E-state index is 0. The third-order valence-electron chi connectivity index (χ3n) is 3.50. The van der Waals surface area contributed by atoms with Crippen LogP contribution >= 0.6 is 12.4 Å². The topological polar surface area (TPSA) is 53.1 Å². The number of nitrogen functional groups attached to an aromatic ring is 1. The maximum Gasteiger partial charge on any atom is 0.200 e. The van der Waals surface area contributed by atoms with Crippen molar-refractivity contribution in [3.8, 4) is 17.0 Å². The Labute approximate surface area is 132 Å². The van der Waals surface area contributed by atoms with Crippen molar-refractivity contribution >= 4 is 18.4 Å². The van der Waals surface area contributed by atoms with E-state index in [2.05, 4.69) is 11.9 Å². The van der Waals surface area contributed by atoms with E-state index in [1.165, 1.54) is 12.8 Å². The summed E-state index contributed by atoms with van der Waals surface area (Å²) in [7, 11) is 1.69. The van der Waals surface area contributed by atoms with Crippen LogP contribution in [0.15, 0.2) is 24.4 Å². The smallest absolute Gasteiger partial charge is 0.200 e. The van der Waals surface area contributed by atoms with Crippen molar-refractivity contribution in [1.29, 1.82) is 0 Å². The zero-order valence-electron chi connectivity index (χ0n) is 12.9. The minimum absolute atomic E-state index is 0. The van der Waals surface area contributed by atoms with Gasteiger partial charge in [0, 0.05) is 18.3 Å². The third-order valence-corrected chi connectivity index (χ3v) is 3.50. The van der Waals surface area contributed by atoms with Crippen molar-refractivity contribution in [3.05, 3.63) is 30.0 Å². The molecule has 2 aromatic rings. The highest BCUT2D eigenvalue weighted by atomic mass is 35.5. The number of nitrogens with zero attached hydrogens (tertiary/aromatic N) is 2. The van der Waals surface area contributed by atoms with Gasteiger partial charge < -0.3 is 15.0 Å². The van der Waals surface area contributed by atoms with Gasteiger partial charge in [-0.2, -0.15) is 0 Å². The van der Waals surface area contributed by atoms with Crippen LogP contribution in [0.1, 0.15) is 31.7 Å². The highest BCUT2D eigenvalue weighted by Gasteiger charge is 2.12. The van der Waals surface area contributed by atoms with E-state index in [0.29, 0.717) is 5.95 Å². The van der Waals surface area contributed by atoms with Crippen molar-refractivity contribution in [3.63, 3.8) is 0 Å². The van der Waals surface area contributed by atoms with Gasteiger partial charge in [0.25, 0.3) is 0 Å². The number of halogens is 1. The van der Waals surface area contributed by atoms with Gasteiger partial charge in [0.2, 0.25) is 5.95 Å². The number of ether oxygens (including phenoxy) is 1. The summed E-state index contributed by atoms with van der Waals surface area (Å²) in [5.74, 6) is 1.44. The molecule has 116 valence electrons. The molecule has 0 aliphatic heterocycles. The van der Waals surface area contributed by atoms with E-state index in [0.717, 1.165) is 35.5 Å². The molecule has 0 bridgehead atoms. The average Bonchev–Trinajstić information content (AvgIpc) is 2.80. The predicted octanol–water partition coefficient (Wildman–Crippen LogP) is 4.06. The molecule has 0 unspecified atom stereocenters. The van der Waals surface area contributed by atoms with Gasteiger partial charge in [0.1, 0.15) is 5.75 Å². The Balaban J connectivity index is 0.00000220. The fourth-order valence-corrected chi connectivity index (χ4v) is 2.40. The second kappa shape index (κ2) is 7.93. The zero-order chi connectivity index (χ0) is 14.5. The van der Waals surface area contributed by atoms with Crippen molar-refractivity contribution in [2.45, 2.75) is 39.7 Å². The number of aryl methyl sites for hydroxylation is 2. The normalized spacial score (nSPS) is 10.2. The van der Waals surface area contributed by atoms with Crippen LogP contribution in [-0.4, -0.2) is 16.7 Å². The molecule has 4 nitrogen and oxygen atoms in total. The molecule has 21 heavy (non-hydrogen) atoms. The molecule has 1 aromatic heterocycles. The van der Waals surface area contributed by atoms with E-state index >= 15 is 0 Å². The number of anilines is 1. The standard InChI is InChI=1S/C16H23N3O.ClH/c1-4-5-6-10-19-11-14(18-16(19)17)13-9-7-8-12(2)15(13)20-3;/h7-9,11H,4-6,10H2,1-3H3,(H2,17,18);1H. The summed E-state index contributed by atoms with van der Waals surface area (Å²) in [5, 5.41) is 0. The number of imidazole rings is 1. The highest BCUT2D eigenvalue weighted by molar-refractivity contribution is 5.85. The molecule has 0 saturated heterocycles. The molecule has 0 saturated carbocycles. The Bertz CT molecular complexity index is 581. The van der Waals surface area contributed by atoms with Crippen molar-refractivity contribution in [2.75, 3.05) is 12.8 Å². The third kappa shape index (κ3) is 3.91. The molecule has 0 aliphatic rings. The molecular weight excluding hydrogens is 286 g/mol. The molecule has 0 fully saturated rings. The molecule has 0 atom stereocenters. The van der Waals surface area contributed by atoms with Gasteiger partial charge in [-0.25, -0.2) is 4.98 Å². The van der Waals surface area contributed by atoms with Crippen LogP contribution in [0.2, 0.25) is 0 Å². The van der Waals surface area contributed by atoms with Crippen LogP contribution < -0.4 is 10.5 Å². The SMILES string of the molecule is CCCCCn1cc(-c2cccc(C)c2OC)nc1N.Cl. The Morgan fingerprint density at radius 3 is 2.71 bits per heavy atom. The van der Waals surface area contributed by atoms with Gasteiger partial charge in [-0.15, -0.1) is 12.4 Å². The minimum Gasteiger partial charge on any atom is -0.496 e. The quantitative estimate of drug-likeness (QED) is 0.819. The van der Waals surface area contributed by atoms with Crippen LogP contribution in [0.4, 0.5) is 5.95 Å². The Kier molecular flexibility index (Phi) is 6.56. The Morgan fingerprint density at radius 1 is 1.29 bits per heavy atom. The van der Waals surface area contributed by atoms with Crippen LogP contribution in [0, 0.1) is 6.92 Å². The molecule has 0 radical (unpaired) electrons. The number of hydrogen-bond acceptors (Lipinski definition) is 3. The summed E-state index contributed by atoms with van der Waals surface area (Å²) in [5.41, 5.74) is 8.97. The molecule has 0 aliphatic carbocycles. The van der Waals surface area contributed by atoms with Crippen molar-refractivity contribution in [1.82, 2.24) is 9.55 Å². The van der Waals surface area contributed by atoms with Gasteiger partial charge in [0.15, 0.2) is 0 Å². The predicted molar refractivity (Wildman–Crippen MR) is 90.1 cm³/mol. The van der Waals surface area contributed by atoms with Crippen molar-refractivity contribution < 1.29 is 4.74 Å². The number of methoxy groups -OCH3 is 1. The first-order valence-corrected chi connectivity index (χ1v) is 7.14. The van der Waals surface area contributed by atoms with Gasteiger partial charge >= 0.3 is 0 Å². The summed E-state index contributed by atoms with van der Waals surface area (Å²) < 4.78 is 7.51. The second-order valence-electron chi connectivity index (χ2n) is 5.04. The number of rotatable bonds is 6. The monoisotopic (exact) mass is 309 g/mol. The second-order valence-corrected chi connectivity index (χ2v) is 5.04. The lowest BCUT2D eigenvalue weighted by atomic mass is 10.1. The molecule has 1 aromatic carbocycles. The summed E-state index contributed by atoms with van der Waals surface area (Å²) >= 11 is 0. The molecule has 0 spiro atoms. The lowest BCUT2D eigenvalue weighted by Gasteiger charge is -2.08. The Morgan fingerprint density at radius 2 is 2.05 bits per heavy atom. The molecule has 5 heteroatoms. The van der Waals surface area contributed by atoms with Crippen LogP contribution in [0.25, 0.3) is 11.3 Å². The lowest BCUT2D eigenvalue weighted by molar-refractivity contribution is 0.413. The van der Waals surface area contributed by atoms with Crippen LogP contribution in [0.5, 0.6) is 5.75 Å². The molecule has 0 amide bonds. The largest absolute Gasteiger partial charge is 0.496 e. The first-order valence-electron chi connectivity index (χ1n) is 7.14. The van der Waals surface area contributed by atoms with Crippen LogP contribution in [-0.2, 0) is 6.54 Å². The molecule has 2 rings (SSSR count). The molecule has 2 N–H and O–H groups in total. The zero-order valence-corrected chi connectivity index (χ0v) is 13.7. The number of nitrogens with two attached hydrogens (primary N) is 1. The number of benzene rings is 1. The first-order chi connectivity index (χ1) is 9.67. The number of aromatic nitrogens is 2. The summed E-state index contributed by atoms with van der Waals surface area (Å²) in [6.45, 7) is 5.14. The fraction of sp³-hybridized carbons (Fsp3) is 0.438.